The topological polar surface area (TPSA) is 59.6 Å². The van der Waals surface area contributed by atoms with E-state index in [1.54, 1.807) is 7.11 Å². The molecule has 1 heterocycles. The van der Waals surface area contributed by atoms with Crippen molar-refractivity contribution in [2.24, 2.45) is 11.8 Å². The number of nitrogens with one attached hydrogen (secondary N) is 2. The molecule has 2 unspecified atom stereocenters. The van der Waals surface area contributed by atoms with E-state index in [-0.39, 0.29) is 5.91 Å². The Morgan fingerprint density at radius 3 is 2.96 bits per heavy atom. The molecule has 0 aromatic heterocycles. The maximum absolute atomic E-state index is 12.4. The highest BCUT2D eigenvalue weighted by molar-refractivity contribution is 5.92. The van der Waals surface area contributed by atoms with E-state index in [4.69, 9.17) is 9.47 Å². The summed E-state index contributed by atoms with van der Waals surface area (Å²) in [5, 5.41) is 6.43. The van der Waals surface area contributed by atoms with E-state index in [1.165, 1.54) is 12.8 Å². The normalized spacial score (nSPS) is 18.9. The lowest BCUT2D eigenvalue weighted by atomic mass is 9.85. The van der Waals surface area contributed by atoms with E-state index in [1.807, 2.05) is 25.1 Å². The highest BCUT2D eigenvalue weighted by Crippen LogP contribution is 2.27. The number of amides is 1. The van der Waals surface area contributed by atoms with Crippen LogP contribution in [0, 0.1) is 18.8 Å². The van der Waals surface area contributed by atoms with Gasteiger partial charge in [0.05, 0.1) is 12.3 Å². The molecule has 0 bridgehead atoms. The predicted molar refractivity (Wildman–Crippen MR) is 96.6 cm³/mol. The van der Waals surface area contributed by atoms with E-state index in [0.717, 1.165) is 24.3 Å². The van der Waals surface area contributed by atoms with Crippen LogP contribution < -0.4 is 15.4 Å². The minimum Gasteiger partial charge on any atom is -0.489 e. The molecule has 2 rings (SSSR count). The van der Waals surface area contributed by atoms with Crippen LogP contribution in [0.15, 0.2) is 18.2 Å². The van der Waals surface area contributed by atoms with Crippen LogP contribution in [0.1, 0.15) is 31.7 Å². The van der Waals surface area contributed by atoms with E-state index in [9.17, 15) is 4.79 Å². The molecule has 1 amide bonds. The van der Waals surface area contributed by atoms with Crippen LogP contribution in [0.2, 0.25) is 0 Å². The van der Waals surface area contributed by atoms with Crippen LogP contribution in [0.4, 0.5) is 5.69 Å². The Morgan fingerprint density at radius 1 is 1.42 bits per heavy atom. The van der Waals surface area contributed by atoms with Crippen LogP contribution >= 0.6 is 0 Å². The van der Waals surface area contributed by atoms with Gasteiger partial charge in [-0.3, -0.25) is 4.79 Å². The van der Waals surface area contributed by atoms with Crippen molar-refractivity contribution in [1.29, 1.82) is 0 Å². The molecular weight excluding hydrogens is 304 g/mol. The third-order valence-corrected chi connectivity index (χ3v) is 4.60. The summed E-state index contributed by atoms with van der Waals surface area (Å²) in [7, 11) is 1.64. The zero-order valence-corrected chi connectivity index (χ0v) is 15.1. The first kappa shape index (κ1) is 18.7. The third-order valence-electron chi connectivity index (χ3n) is 4.60. The number of methoxy groups -OCH3 is 1. The standard InChI is InChI=1S/C19H30N2O3/c1-14-6-7-17(18(11-14)24-10-9-23-3)21-19(22)12-15(2)16-5-4-8-20-13-16/h6-7,11,15-16,20H,4-5,8-10,12-13H2,1-3H3,(H,21,22). The van der Waals surface area contributed by atoms with Crippen molar-refractivity contribution in [2.75, 3.05) is 38.7 Å². The van der Waals surface area contributed by atoms with Gasteiger partial charge in [0.2, 0.25) is 5.91 Å². The second kappa shape index (κ2) is 9.64. The van der Waals surface area contributed by atoms with Crippen molar-refractivity contribution in [3.8, 4) is 5.75 Å². The average molecular weight is 334 g/mol. The van der Waals surface area contributed by atoms with Gasteiger partial charge in [0.15, 0.2) is 0 Å². The van der Waals surface area contributed by atoms with Gasteiger partial charge in [-0.2, -0.15) is 0 Å². The minimum atomic E-state index is 0.0496. The Kier molecular flexibility index (Phi) is 7.53. The monoisotopic (exact) mass is 334 g/mol. The number of hydrogen-bond donors (Lipinski definition) is 2. The molecule has 5 nitrogen and oxygen atoms in total. The molecule has 1 aromatic rings. The average Bonchev–Trinajstić information content (AvgIpc) is 2.58. The van der Waals surface area contributed by atoms with Crippen LogP contribution in [0.3, 0.4) is 0 Å². The molecule has 1 fully saturated rings. The SMILES string of the molecule is COCCOc1cc(C)ccc1NC(=O)CC(C)C1CCCNC1. The number of carbonyl (C=O) groups is 1. The number of benzene rings is 1. The van der Waals surface area contributed by atoms with Crippen molar-refractivity contribution in [3.05, 3.63) is 23.8 Å². The molecule has 24 heavy (non-hydrogen) atoms. The number of ether oxygens (including phenoxy) is 2. The van der Waals surface area contributed by atoms with Crippen molar-refractivity contribution in [2.45, 2.75) is 33.1 Å². The highest BCUT2D eigenvalue weighted by atomic mass is 16.5. The molecule has 1 aliphatic rings. The summed E-state index contributed by atoms with van der Waals surface area (Å²) < 4.78 is 10.7. The molecule has 0 radical (unpaired) electrons. The molecule has 1 aliphatic heterocycles. The number of anilines is 1. The molecule has 1 aromatic carbocycles. The fourth-order valence-corrected chi connectivity index (χ4v) is 3.11. The Bertz CT molecular complexity index is 527. The maximum Gasteiger partial charge on any atom is 0.224 e. The van der Waals surface area contributed by atoms with Crippen molar-refractivity contribution in [1.82, 2.24) is 5.32 Å². The summed E-state index contributed by atoms with van der Waals surface area (Å²) in [6.07, 6.45) is 2.95. The number of rotatable bonds is 8. The van der Waals surface area contributed by atoms with Gasteiger partial charge in [-0.05, 0) is 62.4 Å². The number of hydrogen-bond acceptors (Lipinski definition) is 4. The van der Waals surface area contributed by atoms with Gasteiger partial charge in [0.1, 0.15) is 12.4 Å². The molecule has 0 aliphatic carbocycles. The number of aryl methyl sites for hydroxylation is 1. The van der Waals surface area contributed by atoms with Crippen molar-refractivity contribution >= 4 is 11.6 Å². The van der Waals surface area contributed by atoms with Crippen LogP contribution in [0.5, 0.6) is 5.75 Å². The first-order valence-corrected chi connectivity index (χ1v) is 8.83. The Morgan fingerprint density at radius 2 is 2.25 bits per heavy atom. The summed E-state index contributed by atoms with van der Waals surface area (Å²) in [5.41, 5.74) is 1.83. The zero-order valence-electron chi connectivity index (χ0n) is 15.1. The Labute approximate surface area is 145 Å². The Balaban J connectivity index is 1.92. The van der Waals surface area contributed by atoms with E-state index in [0.29, 0.717) is 37.2 Å². The van der Waals surface area contributed by atoms with Gasteiger partial charge < -0.3 is 20.1 Å². The summed E-state index contributed by atoms with van der Waals surface area (Å²) in [5.74, 6) is 1.71. The highest BCUT2D eigenvalue weighted by Gasteiger charge is 2.22. The lowest BCUT2D eigenvalue weighted by molar-refractivity contribution is -0.117. The van der Waals surface area contributed by atoms with Crippen molar-refractivity contribution < 1.29 is 14.3 Å². The quantitative estimate of drug-likeness (QED) is 0.718. The van der Waals surface area contributed by atoms with Gasteiger partial charge >= 0.3 is 0 Å². The maximum atomic E-state index is 12.4. The fraction of sp³-hybridized carbons (Fsp3) is 0.632. The van der Waals surface area contributed by atoms with Gasteiger partial charge in [0, 0.05) is 13.5 Å². The first-order valence-electron chi connectivity index (χ1n) is 8.83. The van der Waals surface area contributed by atoms with E-state index in [2.05, 4.69) is 17.6 Å². The molecule has 1 saturated heterocycles. The van der Waals surface area contributed by atoms with E-state index < -0.39 is 0 Å². The lowest BCUT2D eigenvalue weighted by Crippen LogP contribution is -2.34. The van der Waals surface area contributed by atoms with Crippen molar-refractivity contribution in [3.63, 3.8) is 0 Å². The van der Waals surface area contributed by atoms with Gasteiger partial charge in [-0.25, -0.2) is 0 Å². The molecule has 134 valence electrons. The zero-order chi connectivity index (χ0) is 17.4. The molecule has 0 saturated carbocycles. The summed E-state index contributed by atoms with van der Waals surface area (Å²) in [4.78, 5) is 12.4. The number of piperidine rings is 1. The van der Waals surface area contributed by atoms with Crippen LogP contribution in [0.25, 0.3) is 0 Å². The fourth-order valence-electron chi connectivity index (χ4n) is 3.11. The van der Waals surface area contributed by atoms with Crippen LogP contribution in [-0.2, 0) is 9.53 Å². The molecule has 5 heteroatoms. The Hall–Kier alpha value is -1.59. The second-order valence-corrected chi connectivity index (χ2v) is 6.68. The van der Waals surface area contributed by atoms with E-state index >= 15 is 0 Å². The lowest BCUT2D eigenvalue weighted by Gasteiger charge is -2.28. The summed E-state index contributed by atoms with van der Waals surface area (Å²) in [6, 6.07) is 5.83. The largest absolute Gasteiger partial charge is 0.489 e. The van der Waals surface area contributed by atoms with Crippen LogP contribution in [-0.4, -0.2) is 39.3 Å². The predicted octanol–water partition coefficient (Wildman–Crippen LogP) is 2.98. The minimum absolute atomic E-state index is 0.0496. The second-order valence-electron chi connectivity index (χ2n) is 6.68. The smallest absolute Gasteiger partial charge is 0.224 e. The summed E-state index contributed by atoms with van der Waals surface area (Å²) >= 11 is 0. The third kappa shape index (κ3) is 5.80. The number of carbonyl (C=O) groups excluding carboxylic acids is 1. The molecule has 2 N–H and O–H groups in total. The molecule has 0 spiro atoms. The van der Waals surface area contributed by atoms with Gasteiger partial charge in [0.25, 0.3) is 0 Å². The molecule has 2 atom stereocenters. The summed E-state index contributed by atoms with van der Waals surface area (Å²) in [6.45, 7) is 7.28. The van der Waals surface area contributed by atoms with Gasteiger partial charge in [-0.15, -0.1) is 0 Å². The first-order chi connectivity index (χ1) is 11.6. The molecular formula is C19H30N2O3. The van der Waals surface area contributed by atoms with Gasteiger partial charge in [-0.1, -0.05) is 13.0 Å².